The second-order valence-corrected chi connectivity index (χ2v) is 7.94. The molecule has 3 amide bonds. The second-order valence-electron chi connectivity index (χ2n) is 6.65. The molecule has 166 valence electrons. The molecule has 0 aliphatic rings. The van der Waals surface area contributed by atoms with Gasteiger partial charge in [-0.3, -0.25) is 10.1 Å². The Hall–Kier alpha value is -3.43. The largest absolute Gasteiger partial charge is 0.462 e. The highest BCUT2D eigenvalue weighted by Crippen LogP contribution is 2.19. The van der Waals surface area contributed by atoms with Gasteiger partial charge in [0, 0.05) is 21.8 Å². The van der Waals surface area contributed by atoms with Crippen molar-refractivity contribution in [1.29, 1.82) is 0 Å². The molecule has 3 N–H and O–H groups in total. The fourth-order valence-corrected chi connectivity index (χ4v) is 3.41. The van der Waals surface area contributed by atoms with Crippen molar-refractivity contribution < 1.29 is 19.1 Å². The molecule has 0 aliphatic heterocycles. The molecule has 0 fully saturated rings. The Morgan fingerprint density at radius 3 is 2.53 bits per heavy atom. The van der Waals surface area contributed by atoms with Crippen LogP contribution in [0.25, 0.3) is 0 Å². The number of esters is 1. The standard InChI is InChI=1S/C22H21ClN4O4S/c1-2-3-11-31-20(29)14-7-9-16(10-8-14)24-19(28)18-13-32-22(26-18)27-21(30)25-17-6-4-5-15(23)12-17/h4-10,12-13H,2-3,11H2,1H3,(H,24,28)(H2,25,26,27,30). The molecule has 0 aliphatic carbocycles. The van der Waals surface area contributed by atoms with E-state index in [0.29, 0.717) is 28.6 Å². The van der Waals surface area contributed by atoms with Gasteiger partial charge in [0.1, 0.15) is 5.69 Å². The maximum Gasteiger partial charge on any atom is 0.338 e. The summed E-state index contributed by atoms with van der Waals surface area (Å²) in [5.74, 6) is -0.842. The van der Waals surface area contributed by atoms with E-state index in [9.17, 15) is 14.4 Å². The van der Waals surface area contributed by atoms with Crippen LogP contribution in [0, 0.1) is 0 Å². The van der Waals surface area contributed by atoms with Gasteiger partial charge in [-0.1, -0.05) is 31.0 Å². The summed E-state index contributed by atoms with van der Waals surface area (Å²) in [6.07, 6.45) is 1.76. The van der Waals surface area contributed by atoms with Gasteiger partial charge in [-0.15, -0.1) is 11.3 Å². The van der Waals surface area contributed by atoms with Crippen molar-refractivity contribution in [2.45, 2.75) is 19.8 Å². The van der Waals surface area contributed by atoms with Crippen LogP contribution in [-0.4, -0.2) is 29.5 Å². The molecular formula is C22H21ClN4O4S. The van der Waals surface area contributed by atoms with Gasteiger partial charge in [0.25, 0.3) is 5.91 Å². The van der Waals surface area contributed by atoms with Gasteiger partial charge in [0.15, 0.2) is 5.13 Å². The number of hydrogen-bond donors (Lipinski definition) is 3. The molecule has 3 aromatic rings. The first-order valence-corrected chi connectivity index (χ1v) is 11.1. The number of nitrogens with zero attached hydrogens (tertiary/aromatic N) is 1. The fraction of sp³-hybridized carbons (Fsp3) is 0.182. The Balaban J connectivity index is 1.53. The van der Waals surface area contributed by atoms with Gasteiger partial charge in [-0.05, 0) is 48.9 Å². The van der Waals surface area contributed by atoms with Crippen LogP contribution in [-0.2, 0) is 4.74 Å². The number of urea groups is 1. The third-order valence-corrected chi connectivity index (χ3v) is 5.14. The Bertz CT molecular complexity index is 1100. The minimum absolute atomic E-state index is 0.149. The van der Waals surface area contributed by atoms with E-state index < -0.39 is 17.9 Å². The minimum Gasteiger partial charge on any atom is -0.462 e. The summed E-state index contributed by atoms with van der Waals surface area (Å²) in [7, 11) is 0. The molecule has 1 heterocycles. The predicted molar refractivity (Wildman–Crippen MR) is 126 cm³/mol. The summed E-state index contributed by atoms with van der Waals surface area (Å²) in [6, 6.07) is 12.6. The average Bonchev–Trinajstić information content (AvgIpc) is 3.23. The summed E-state index contributed by atoms with van der Waals surface area (Å²) in [4.78, 5) is 40.6. The SMILES string of the molecule is CCCCOC(=O)c1ccc(NC(=O)c2csc(NC(=O)Nc3cccc(Cl)c3)n2)cc1. The van der Waals surface area contributed by atoms with Crippen molar-refractivity contribution in [1.82, 2.24) is 4.98 Å². The van der Waals surface area contributed by atoms with Crippen LogP contribution < -0.4 is 16.0 Å². The quantitative estimate of drug-likeness (QED) is 0.290. The number of aromatic nitrogens is 1. The fourth-order valence-electron chi connectivity index (χ4n) is 2.54. The van der Waals surface area contributed by atoms with Gasteiger partial charge in [-0.2, -0.15) is 0 Å². The van der Waals surface area contributed by atoms with Crippen LogP contribution in [0.5, 0.6) is 0 Å². The topological polar surface area (TPSA) is 109 Å². The lowest BCUT2D eigenvalue weighted by molar-refractivity contribution is 0.0499. The van der Waals surface area contributed by atoms with Crippen molar-refractivity contribution in [2.75, 3.05) is 22.6 Å². The summed E-state index contributed by atoms with van der Waals surface area (Å²) in [6.45, 7) is 2.40. The third-order valence-electron chi connectivity index (χ3n) is 4.15. The van der Waals surface area contributed by atoms with Crippen LogP contribution in [0.2, 0.25) is 5.02 Å². The number of hydrogen-bond acceptors (Lipinski definition) is 6. The second kappa shape index (κ2) is 11.3. The van der Waals surface area contributed by atoms with Gasteiger partial charge in [-0.25, -0.2) is 14.6 Å². The highest BCUT2D eigenvalue weighted by molar-refractivity contribution is 7.14. The number of thiazole rings is 1. The Labute approximate surface area is 194 Å². The van der Waals surface area contributed by atoms with Crippen molar-refractivity contribution in [3.8, 4) is 0 Å². The number of nitrogens with one attached hydrogen (secondary N) is 3. The summed E-state index contributed by atoms with van der Waals surface area (Å²) in [5, 5.41) is 10.2. The number of ether oxygens (including phenoxy) is 1. The first kappa shape index (κ1) is 23.2. The lowest BCUT2D eigenvalue weighted by Crippen LogP contribution is -2.19. The molecule has 0 atom stereocenters. The van der Waals surface area contributed by atoms with Crippen molar-refractivity contribution >= 4 is 57.4 Å². The number of halogens is 1. The highest BCUT2D eigenvalue weighted by Gasteiger charge is 2.14. The Morgan fingerprint density at radius 1 is 1.03 bits per heavy atom. The minimum atomic E-state index is -0.505. The van der Waals surface area contributed by atoms with E-state index in [2.05, 4.69) is 20.9 Å². The third kappa shape index (κ3) is 6.79. The summed E-state index contributed by atoms with van der Waals surface area (Å²) < 4.78 is 5.16. The Morgan fingerprint density at radius 2 is 1.81 bits per heavy atom. The molecule has 0 bridgehead atoms. The molecule has 0 saturated heterocycles. The first-order chi connectivity index (χ1) is 15.4. The summed E-state index contributed by atoms with van der Waals surface area (Å²) in [5.41, 5.74) is 1.59. The van der Waals surface area contributed by atoms with Crippen LogP contribution in [0.1, 0.15) is 40.6 Å². The number of anilines is 3. The summed E-state index contributed by atoms with van der Waals surface area (Å²) >= 11 is 7.01. The van der Waals surface area contributed by atoms with E-state index >= 15 is 0 Å². The van der Waals surface area contributed by atoms with Gasteiger partial charge in [0.05, 0.1) is 12.2 Å². The van der Waals surface area contributed by atoms with Gasteiger partial charge >= 0.3 is 12.0 Å². The molecule has 3 rings (SSSR count). The monoisotopic (exact) mass is 472 g/mol. The van der Waals surface area contributed by atoms with Gasteiger partial charge < -0.3 is 15.4 Å². The average molecular weight is 473 g/mol. The molecule has 0 spiro atoms. The first-order valence-electron chi connectivity index (χ1n) is 9.82. The van der Waals surface area contributed by atoms with E-state index in [-0.39, 0.29) is 10.8 Å². The molecule has 10 heteroatoms. The lowest BCUT2D eigenvalue weighted by atomic mass is 10.2. The van der Waals surface area contributed by atoms with Crippen LogP contribution >= 0.6 is 22.9 Å². The van der Waals surface area contributed by atoms with Crippen molar-refractivity contribution in [3.05, 3.63) is 70.2 Å². The van der Waals surface area contributed by atoms with E-state index in [1.165, 1.54) is 5.38 Å². The van der Waals surface area contributed by atoms with Crippen LogP contribution in [0.15, 0.2) is 53.9 Å². The number of carbonyl (C=O) groups is 3. The molecule has 2 aromatic carbocycles. The van der Waals surface area contributed by atoms with Gasteiger partial charge in [0.2, 0.25) is 0 Å². The number of rotatable bonds is 8. The zero-order valence-electron chi connectivity index (χ0n) is 17.2. The smallest absolute Gasteiger partial charge is 0.338 e. The molecule has 0 radical (unpaired) electrons. The maximum atomic E-state index is 12.4. The normalized spacial score (nSPS) is 10.3. The zero-order chi connectivity index (χ0) is 22.9. The molecular weight excluding hydrogens is 452 g/mol. The van der Waals surface area contributed by atoms with Crippen molar-refractivity contribution in [2.24, 2.45) is 0 Å². The maximum absolute atomic E-state index is 12.4. The van der Waals surface area contributed by atoms with Crippen molar-refractivity contribution in [3.63, 3.8) is 0 Å². The van der Waals surface area contributed by atoms with Crippen LogP contribution in [0.4, 0.5) is 21.3 Å². The van der Waals surface area contributed by atoms with E-state index in [0.717, 1.165) is 24.2 Å². The predicted octanol–water partition coefficient (Wildman–Crippen LogP) is 5.65. The molecule has 8 nitrogen and oxygen atoms in total. The number of unbranched alkanes of at least 4 members (excludes halogenated alkanes) is 1. The number of amides is 3. The molecule has 0 saturated carbocycles. The van der Waals surface area contributed by atoms with E-state index in [4.69, 9.17) is 16.3 Å². The van der Waals surface area contributed by atoms with E-state index in [1.807, 2.05) is 6.92 Å². The molecule has 0 unspecified atom stereocenters. The van der Waals surface area contributed by atoms with Crippen LogP contribution in [0.3, 0.4) is 0 Å². The molecule has 32 heavy (non-hydrogen) atoms. The lowest BCUT2D eigenvalue weighted by Gasteiger charge is -2.06. The number of benzene rings is 2. The highest BCUT2D eigenvalue weighted by atomic mass is 35.5. The Kier molecular flexibility index (Phi) is 8.18. The molecule has 1 aromatic heterocycles. The number of carbonyl (C=O) groups excluding carboxylic acids is 3. The zero-order valence-corrected chi connectivity index (χ0v) is 18.8. The van der Waals surface area contributed by atoms with E-state index in [1.54, 1.807) is 48.5 Å².